The van der Waals surface area contributed by atoms with Crippen molar-refractivity contribution in [1.29, 1.82) is 0 Å². The molecule has 0 radical (unpaired) electrons. The zero-order chi connectivity index (χ0) is 11.0. The summed E-state index contributed by atoms with van der Waals surface area (Å²) in [6.07, 6.45) is 7.75. The lowest BCUT2D eigenvalue weighted by Crippen LogP contribution is -2.05. The van der Waals surface area contributed by atoms with Gasteiger partial charge in [0.15, 0.2) is 5.82 Å². The first-order valence-electron chi connectivity index (χ1n) is 5.88. The summed E-state index contributed by atoms with van der Waals surface area (Å²) in [6.45, 7) is 3.02. The maximum Gasteiger partial charge on any atom is 0.152 e. The molecule has 0 aromatic carbocycles. The highest BCUT2D eigenvalue weighted by Crippen LogP contribution is 2.32. The minimum absolute atomic E-state index is 0.948. The van der Waals surface area contributed by atoms with E-state index in [0.717, 1.165) is 29.5 Å². The van der Waals surface area contributed by atoms with Gasteiger partial charge in [-0.2, -0.15) is 5.10 Å². The van der Waals surface area contributed by atoms with Crippen LogP contribution >= 0.6 is 0 Å². The van der Waals surface area contributed by atoms with Gasteiger partial charge in [0.2, 0.25) is 0 Å². The van der Waals surface area contributed by atoms with Gasteiger partial charge in [0, 0.05) is 18.9 Å². The van der Waals surface area contributed by atoms with Crippen LogP contribution in [0, 0.1) is 12.8 Å². The average molecular weight is 216 g/mol. The van der Waals surface area contributed by atoms with Gasteiger partial charge < -0.3 is 5.32 Å². The second kappa shape index (κ2) is 3.77. The number of nitrogens with zero attached hydrogens (tertiary/aromatic N) is 3. The summed E-state index contributed by atoms with van der Waals surface area (Å²) in [5.41, 5.74) is 2.09. The van der Waals surface area contributed by atoms with E-state index in [1.807, 2.05) is 17.6 Å². The summed E-state index contributed by atoms with van der Waals surface area (Å²) >= 11 is 0. The molecule has 0 bridgehead atoms. The molecule has 0 atom stereocenters. The molecule has 84 valence electrons. The summed E-state index contributed by atoms with van der Waals surface area (Å²) in [4.78, 5) is 4.37. The highest BCUT2D eigenvalue weighted by molar-refractivity contribution is 5.67. The number of hydrogen-bond acceptors (Lipinski definition) is 3. The van der Waals surface area contributed by atoms with Gasteiger partial charge in [-0.3, -0.25) is 0 Å². The van der Waals surface area contributed by atoms with E-state index in [1.54, 1.807) is 6.20 Å². The van der Waals surface area contributed by atoms with Crippen LogP contribution in [0.2, 0.25) is 0 Å². The standard InChI is InChI=1S/C12H16N4/c1-9-8-11-12(13-5-4-10-2-3-10)14-6-7-16(11)15-9/h6-8,10H,2-5H2,1H3,(H,13,14). The molecule has 0 amide bonds. The molecule has 1 aliphatic carbocycles. The van der Waals surface area contributed by atoms with Crippen molar-refractivity contribution in [2.75, 3.05) is 11.9 Å². The molecule has 4 heteroatoms. The predicted molar refractivity (Wildman–Crippen MR) is 63.6 cm³/mol. The van der Waals surface area contributed by atoms with Crippen LogP contribution in [0.4, 0.5) is 5.82 Å². The quantitative estimate of drug-likeness (QED) is 0.852. The number of fused-ring (bicyclic) bond motifs is 1. The second-order valence-corrected chi connectivity index (χ2v) is 4.55. The lowest BCUT2D eigenvalue weighted by atomic mass is 10.3. The first kappa shape index (κ1) is 9.63. The van der Waals surface area contributed by atoms with Crippen molar-refractivity contribution in [2.45, 2.75) is 26.2 Å². The van der Waals surface area contributed by atoms with Crippen molar-refractivity contribution < 1.29 is 0 Å². The highest BCUT2D eigenvalue weighted by atomic mass is 15.2. The second-order valence-electron chi connectivity index (χ2n) is 4.55. The maximum atomic E-state index is 4.37. The Labute approximate surface area is 94.7 Å². The SMILES string of the molecule is Cc1cc2c(NCCC3CC3)nccn2n1. The van der Waals surface area contributed by atoms with E-state index >= 15 is 0 Å². The van der Waals surface area contributed by atoms with Crippen molar-refractivity contribution in [3.05, 3.63) is 24.2 Å². The molecule has 0 saturated heterocycles. The van der Waals surface area contributed by atoms with Crippen LogP contribution in [0.15, 0.2) is 18.5 Å². The normalized spacial score (nSPS) is 15.6. The Morgan fingerprint density at radius 3 is 3.19 bits per heavy atom. The third kappa shape index (κ3) is 1.87. The van der Waals surface area contributed by atoms with E-state index in [0.29, 0.717) is 0 Å². The third-order valence-corrected chi connectivity index (χ3v) is 3.05. The van der Waals surface area contributed by atoms with Crippen LogP contribution in [0.1, 0.15) is 25.0 Å². The first-order chi connectivity index (χ1) is 7.83. The van der Waals surface area contributed by atoms with Crippen molar-refractivity contribution in [2.24, 2.45) is 5.92 Å². The number of nitrogens with one attached hydrogen (secondary N) is 1. The van der Waals surface area contributed by atoms with Gasteiger partial charge in [0.05, 0.1) is 5.69 Å². The fourth-order valence-corrected chi connectivity index (χ4v) is 1.98. The lowest BCUT2D eigenvalue weighted by molar-refractivity contribution is 0.758. The number of aromatic nitrogens is 3. The number of aryl methyl sites for hydroxylation is 1. The third-order valence-electron chi connectivity index (χ3n) is 3.05. The van der Waals surface area contributed by atoms with Gasteiger partial charge in [-0.05, 0) is 25.3 Å². The molecule has 1 saturated carbocycles. The van der Waals surface area contributed by atoms with Gasteiger partial charge in [-0.15, -0.1) is 0 Å². The Morgan fingerprint density at radius 2 is 2.38 bits per heavy atom. The Kier molecular flexibility index (Phi) is 2.27. The summed E-state index contributed by atoms with van der Waals surface area (Å²) < 4.78 is 1.88. The van der Waals surface area contributed by atoms with Crippen molar-refractivity contribution >= 4 is 11.3 Å². The van der Waals surface area contributed by atoms with E-state index < -0.39 is 0 Å². The molecule has 16 heavy (non-hydrogen) atoms. The van der Waals surface area contributed by atoms with Crippen LogP contribution in [0.5, 0.6) is 0 Å². The fraction of sp³-hybridized carbons (Fsp3) is 0.500. The number of rotatable bonds is 4. The largest absolute Gasteiger partial charge is 0.368 e. The lowest BCUT2D eigenvalue weighted by Gasteiger charge is -2.05. The van der Waals surface area contributed by atoms with Crippen LogP contribution in [-0.4, -0.2) is 21.1 Å². The molecular formula is C12H16N4. The molecule has 3 rings (SSSR count). The molecule has 1 N–H and O–H groups in total. The van der Waals surface area contributed by atoms with Gasteiger partial charge in [0.25, 0.3) is 0 Å². The smallest absolute Gasteiger partial charge is 0.152 e. The van der Waals surface area contributed by atoms with E-state index in [-0.39, 0.29) is 0 Å². The maximum absolute atomic E-state index is 4.37. The molecule has 1 fully saturated rings. The average Bonchev–Trinajstić information content (AvgIpc) is 2.99. The van der Waals surface area contributed by atoms with Gasteiger partial charge in [0.1, 0.15) is 5.52 Å². The molecule has 2 aromatic rings. The Bertz CT molecular complexity index is 499. The van der Waals surface area contributed by atoms with E-state index in [9.17, 15) is 0 Å². The summed E-state index contributed by atoms with van der Waals surface area (Å²) in [5.74, 6) is 1.91. The minimum Gasteiger partial charge on any atom is -0.368 e. The number of hydrogen-bond donors (Lipinski definition) is 1. The van der Waals surface area contributed by atoms with E-state index in [2.05, 4.69) is 21.5 Å². The molecule has 2 aromatic heterocycles. The Balaban J connectivity index is 1.78. The molecule has 1 aliphatic rings. The monoisotopic (exact) mass is 216 g/mol. The van der Waals surface area contributed by atoms with Crippen molar-refractivity contribution in [3.8, 4) is 0 Å². The summed E-state index contributed by atoms with van der Waals surface area (Å²) in [6, 6.07) is 2.06. The summed E-state index contributed by atoms with van der Waals surface area (Å²) in [5, 5.41) is 7.77. The van der Waals surface area contributed by atoms with Crippen molar-refractivity contribution in [1.82, 2.24) is 14.6 Å². The Morgan fingerprint density at radius 1 is 1.50 bits per heavy atom. The van der Waals surface area contributed by atoms with Gasteiger partial charge in [-0.25, -0.2) is 9.50 Å². The molecular weight excluding hydrogens is 200 g/mol. The first-order valence-corrected chi connectivity index (χ1v) is 5.88. The minimum atomic E-state index is 0.948. The van der Waals surface area contributed by atoms with Crippen LogP contribution in [-0.2, 0) is 0 Å². The molecule has 0 spiro atoms. The van der Waals surface area contributed by atoms with E-state index in [4.69, 9.17) is 0 Å². The van der Waals surface area contributed by atoms with Crippen LogP contribution in [0.3, 0.4) is 0 Å². The molecule has 4 nitrogen and oxygen atoms in total. The highest BCUT2D eigenvalue weighted by Gasteiger charge is 2.20. The Hall–Kier alpha value is -1.58. The van der Waals surface area contributed by atoms with Crippen LogP contribution < -0.4 is 5.32 Å². The number of anilines is 1. The van der Waals surface area contributed by atoms with Gasteiger partial charge in [-0.1, -0.05) is 12.8 Å². The zero-order valence-corrected chi connectivity index (χ0v) is 9.48. The summed E-state index contributed by atoms with van der Waals surface area (Å²) in [7, 11) is 0. The fourth-order valence-electron chi connectivity index (χ4n) is 1.98. The zero-order valence-electron chi connectivity index (χ0n) is 9.48. The van der Waals surface area contributed by atoms with Gasteiger partial charge >= 0.3 is 0 Å². The molecule has 2 heterocycles. The molecule has 0 aliphatic heterocycles. The predicted octanol–water partition coefficient (Wildman–Crippen LogP) is 2.25. The van der Waals surface area contributed by atoms with E-state index in [1.165, 1.54) is 19.3 Å². The molecule has 0 unspecified atom stereocenters. The van der Waals surface area contributed by atoms with Crippen molar-refractivity contribution in [3.63, 3.8) is 0 Å². The topological polar surface area (TPSA) is 42.2 Å². The van der Waals surface area contributed by atoms with Crippen LogP contribution in [0.25, 0.3) is 5.52 Å².